The maximum absolute atomic E-state index is 12.6. The summed E-state index contributed by atoms with van der Waals surface area (Å²) < 4.78 is 0. The molecule has 1 saturated carbocycles. The third-order valence-corrected chi connectivity index (χ3v) is 5.52. The van der Waals surface area contributed by atoms with Crippen molar-refractivity contribution in [3.05, 3.63) is 34.3 Å². The van der Waals surface area contributed by atoms with Crippen molar-refractivity contribution < 1.29 is 9.59 Å². The number of halogens is 1. The molecule has 3 rings (SSSR count). The maximum atomic E-state index is 12.6. The van der Waals surface area contributed by atoms with E-state index in [1.165, 1.54) is 0 Å². The first kappa shape index (κ1) is 15.3. The van der Waals surface area contributed by atoms with E-state index >= 15 is 0 Å². The van der Waals surface area contributed by atoms with Crippen LogP contribution in [0.4, 0.5) is 0 Å². The summed E-state index contributed by atoms with van der Waals surface area (Å²) in [4.78, 5) is 26.0. The predicted octanol–water partition coefficient (Wildman–Crippen LogP) is 2.64. The summed E-state index contributed by atoms with van der Waals surface area (Å²) in [6.45, 7) is 2.67. The molecule has 1 heterocycles. The predicted molar refractivity (Wildman–Crippen MR) is 85.9 cm³/mol. The van der Waals surface area contributed by atoms with Crippen LogP contribution < -0.4 is 5.32 Å². The number of benzene rings is 1. The van der Waals surface area contributed by atoms with Crippen molar-refractivity contribution in [2.75, 3.05) is 13.6 Å². The first-order valence-electron chi connectivity index (χ1n) is 7.75. The lowest BCUT2D eigenvalue weighted by molar-refractivity contribution is -0.124. The quantitative estimate of drug-likeness (QED) is 0.910. The highest BCUT2D eigenvalue weighted by molar-refractivity contribution is 6.31. The molecule has 3 atom stereocenters. The van der Waals surface area contributed by atoms with E-state index in [1.807, 2.05) is 31.0 Å². The fourth-order valence-electron chi connectivity index (χ4n) is 3.65. The number of carbonyl (C=O) groups is 2. The molecule has 1 N–H and O–H groups in total. The SMILES string of the molecule is Cc1ccc(C(=O)N(C)[C@H]2C[C@H]3CNC(=O)C[C@H]3C2)cc1Cl. The molecule has 0 spiro atoms. The fourth-order valence-corrected chi connectivity index (χ4v) is 3.83. The Morgan fingerprint density at radius 2 is 2.05 bits per heavy atom. The molecule has 1 saturated heterocycles. The van der Waals surface area contributed by atoms with Crippen LogP contribution in [0.25, 0.3) is 0 Å². The van der Waals surface area contributed by atoms with Gasteiger partial charge in [-0.05, 0) is 49.3 Å². The van der Waals surface area contributed by atoms with Crippen LogP contribution in [0, 0.1) is 18.8 Å². The molecule has 118 valence electrons. The zero-order valence-electron chi connectivity index (χ0n) is 12.9. The summed E-state index contributed by atoms with van der Waals surface area (Å²) in [6, 6.07) is 5.64. The van der Waals surface area contributed by atoms with Crippen LogP contribution in [0.2, 0.25) is 5.02 Å². The van der Waals surface area contributed by atoms with Crippen LogP contribution >= 0.6 is 11.6 Å². The minimum Gasteiger partial charge on any atom is -0.356 e. The lowest BCUT2D eigenvalue weighted by Crippen LogP contribution is -2.38. The van der Waals surface area contributed by atoms with Gasteiger partial charge in [-0.15, -0.1) is 0 Å². The van der Waals surface area contributed by atoms with Crippen molar-refractivity contribution in [1.29, 1.82) is 0 Å². The zero-order chi connectivity index (χ0) is 15.9. The van der Waals surface area contributed by atoms with E-state index < -0.39 is 0 Å². The van der Waals surface area contributed by atoms with Crippen molar-refractivity contribution in [2.24, 2.45) is 11.8 Å². The normalized spacial score (nSPS) is 27.2. The molecule has 0 bridgehead atoms. The third-order valence-electron chi connectivity index (χ3n) is 5.11. The van der Waals surface area contributed by atoms with Gasteiger partial charge in [-0.1, -0.05) is 17.7 Å². The van der Waals surface area contributed by atoms with Crippen LogP contribution in [0.3, 0.4) is 0 Å². The molecule has 1 aliphatic carbocycles. The summed E-state index contributed by atoms with van der Waals surface area (Å²) in [5.41, 5.74) is 1.60. The molecule has 2 aliphatic rings. The minimum absolute atomic E-state index is 0.00447. The number of carbonyl (C=O) groups excluding carboxylic acids is 2. The van der Waals surface area contributed by atoms with Crippen LogP contribution in [-0.2, 0) is 4.79 Å². The molecule has 2 fully saturated rings. The Bertz CT molecular complexity index is 617. The van der Waals surface area contributed by atoms with Crippen molar-refractivity contribution in [3.63, 3.8) is 0 Å². The van der Waals surface area contributed by atoms with Crippen molar-refractivity contribution >= 4 is 23.4 Å². The largest absolute Gasteiger partial charge is 0.356 e. The molecule has 4 nitrogen and oxygen atoms in total. The van der Waals surface area contributed by atoms with Crippen LogP contribution in [0.1, 0.15) is 35.2 Å². The Morgan fingerprint density at radius 1 is 1.32 bits per heavy atom. The van der Waals surface area contributed by atoms with Gasteiger partial charge in [0, 0.05) is 36.6 Å². The molecule has 1 aromatic rings. The van der Waals surface area contributed by atoms with E-state index in [1.54, 1.807) is 6.07 Å². The van der Waals surface area contributed by atoms with Crippen LogP contribution in [0.5, 0.6) is 0 Å². The van der Waals surface area contributed by atoms with E-state index in [4.69, 9.17) is 11.6 Å². The number of hydrogen-bond donors (Lipinski definition) is 1. The lowest BCUT2D eigenvalue weighted by Gasteiger charge is -2.25. The molecule has 1 aliphatic heterocycles. The van der Waals surface area contributed by atoms with Gasteiger partial charge in [0.2, 0.25) is 5.91 Å². The minimum atomic E-state index is 0.00447. The first-order chi connectivity index (χ1) is 10.5. The van der Waals surface area contributed by atoms with E-state index in [0.717, 1.165) is 24.9 Å². The van der Waals surface area contributed by atoms with Gasteiger partial charge in [-0.3, -0.25) is 9.59 Å². The highest BCUT2D eigenvalue weighted by Crippen LogP contribution is 2.38. The number of rotatable bonds is 2. The van der Waals surface area contributed by atoms with Gasteiger partial charge in [0.15, 0.2) is 0 Å². The Morgan fingerprint density at radius 3 is 2.77 bits per heavy atom. The number of nitrogens with zero attached hydrogens (tertiary/aromatic N) is 1. The Labute approximate surface area is 135 Å². The van der Waals surface area contributed by atoms with E-state index in [0.29, 0.717) is 28.8 Å². The fraction of sp³-hybridized carbons (Fsp3) is 0.529. The van der Waals surface area contributed by atoms with Crippen molar-refractivity contribution in [2.45, 2.75) is 32.2 Å². The van der Waals surface area contributed by atoms with Gasteiger partial charge < -0.3 is 10.2 Å². The van der Waals surface area contributed by atoms with Gasteiger partial charge in [0.05, 0.1) is 0 Å². The Balaban J connectivity index is 1.71. The van der Waals surface area contributed by atoms with Gasteiger partial charge in [0.1, 0.15) is 0 Å². The van der Waals surface area contributed by atoms with E-state index in [2.05, 4.69) is 5.32 Å². The van der Waals surface area contributed by atoms with Gasteiger partial charge in [0.25, 0.3) is 5.91 Å². The molecule has 22 heavy (non-hydrogen) atoms. The average molecular weight is 321 g/mol. The summed E-state index contributed by atoms with van der Waals surface area (Å²) in [5.74, 6) is 1.06. The molecule has 0 aromatic heterocycles. The van der Waals surface area contributed by atoms with Crippen LogP contribution in [0.15, 0.2) is 18.2 Å². The number of aryl methyl sites for hydroxylation is 1. The van der Waals surface area contributed by atoms with Gasteiger partial charge in [-0.25, -0.2) is 0 Å². The number of hydrogen-bond acceptors (Lipinski definition) is 2. The molecular weight excluding hydrogens is 300 g/mol. The lowest BCUT2D eigenvalue weighted by atomic mass is 9.89. The van der Waals surface area contributed by atoms with Gasteiger partial charge in [-0.2, -0.15) is 0 Å². The Hall–Kier alpha value is -1.55. The molecule has 0 unspecified atom stereocenters. The van der Waals surface area contributed by atoms with Crippen molar-refractivity contribution in [3.8, 4) is 0 Å². The first-order valence-corrected chi connectivity index (χ1v) is 8.13. The standard InChI is InChI=1S/C17H21ClN2O2/c1-10-3-4-11(7-15(10)18)17(22)20(2)14-5-12-8-16(21)19-9-13(12)6-14/h3-4,7,12-14H,5-6,8-9H2,1-2H3,(H,19,21)/t12-,13+,14-/m1/s1. The number of nitrogens with one attached hydrogen (secondary N) is 1. The summed E-state index contributed by atoms with van der Waals surface area (Å²) in [6.07, 6.45) is 2.48. The summed E-state index contributed by atoms with van der Waals surface area (Å²) in [7, 11) is 1.85. The second kappa shape index (κ2) is 5.92. The van der Waals surface area contributed by atoms with E-state index in [-0.39, 0.29) is 17.9 Å². The number of amides is 2. The molecular formula is C17H21ClN2O2. The number of piperidine rings is 1. The monoisotopic (exact) mass is 320 g/mol. The summed E-state index contributed by atoms with van der Waals surface area (Å²) in [5, 5.41) is 3.55. The smallest absolute Gasteiger partial charge is 0.253 e. The van der Waals surface area contributed by atoms with Gasteiger partial charge >= 0.3 is 0 Å². The number of fused-ring (bicyclic) bond motifs is 1. The van der Waals surface area contributed by atoms with Crippen LogP contribution in [-0.4, -0.2) is 36.3 Å². The Kier molecular flexibility index (Phi) is 4.13. The highest BCUT2D eigenvalue weighted by atomic mass is 35.5. The summed E-state index contributed by atoms with van der Waals surface area (Å²) >= 11 is 6.12. The average Bonchev–Trinajstić information content (AvgIpc) is 2.91. The maximum Gasteiger partial charge on any atom is 0.253 e. The topological polar surface area (TPSA) is 49.4 Å². The molecule has 1 aromatic carbocycles. The second-order valence-corrected chi connectivity index (χ2v) is 6.94. The second-order valence-electron chi connectivity index (χ2n) is 6.53. The highest BCUT2D eigenvalue weighted by Gasteiger charge is 2.40. The van der Waals surface area contributed by atoms with E-state index in [9.17, 15) is 9.59 Å². The zero-order valence-corrected chi connectivity index (χ0v) is 13.7. The molecule has 5 heteroatoms. The third kappa shape index (κ3) is 2.84. The molecule has 0 radical (unpaired) electrons. The molecule has 2 amide bonds. The van der Waals surface area contributed by atoms with Crippen molar-refractivity contribution in [1.82, 2.24) is 10.2 Å².